The molecule has 1 unspecified atom stereocenters. The van der Waals surface area contributed by atoms with Crippen LogP contribution in [0.5, 0.6) is 0 Å². The van der Waals surface area contributed by atoms with Gasteiger partial charge in [0.25, 0.3) is 0 Å². The number of alkyl halides is 3. The van der Waals surface area contributed by atoms with Crippen molar-refractivity contribution < 1.29 is 18.0 Å². The van der Waals surface area contributed by atoms with E-state index in [4.69, 9.17) is 0 Å². The van der Waals surface area contributed by atoms with Crippen molar-refractivity contribution in [1.82, 2.24) is 15.3 Å². The van der Waals surface area contributed by atoms with E-state index in [9.17, 15) is 18.0 Å². The van der Waals surface area contributed by atoms with Crippen LogP contribution in [0.1, 0.15) is 30.8 Å². The van der Waals surface area contributed by atoms with Crippen LogP contribution in [-0.2, 0) is 11.0 Å². The molecule has 1 aromatic heterocycles. The minimum atomic E-state index is -4.43. The van der Waals surface area contributed by atoms with Crippen molar-refractivity contribution in [3.8, 4) is 11.3 Å². The first-order valence-electron chi connectivity index (χ1n) is 9.17. The lowest BCUT2D eigenvalue weighted by Gasteiger charge is -2.16. The molecule has 0 aliphatic carbocycles. The molecular formula is C21H21F3N4O. The largest absolute Gasteiger partial charge is 0.416 e. The summed E-state index contributed by atoms with van der Waals surface area (Å²) in [7, 11) is 0. The number of carbonyl (C=O) groups is 1. The fourth-order valence-corrected chi connectivity index (χ4v) is 2.88. The first-order chi connectivity index (χ1) is 13.9. The third-order valence-electron chi connectivity index (χ3n) is 4.40. The number of anilines is 1. The summed E-state index contributed by atoms with van der Waals surface area (Å²) in [5.74, 6) is 0.283. The van der Waals surface area contributed by atoms with E-state index in [-0.39, 0.29) is 24.2 Å². The van der Waals surface area contributed by atoms with Gasteiger partial charge in [0.2, 0.25) is 5.91 Å². The first-order valence-corrected chi connectivity index (χ1v) is 9.17. The second-order valence-corrected chi connectivity index (χ2v) is 6.51. The number of nitrogens with one attached hydrogen (secondary N) is 3. The zero-order chi connectivity index (χ0) is 20.9. The van der Waals surface area contributed by atoms with Gasteiger partial charge < -0.3 is 15.6 Å². The lowest BCUT2D eigenvalue weighted by atomic mass is 10.2. The van der Waals surface area contributed by atoms with Gasteiger partial charge in [-0.3, -0.25) is 4.79 Å². The van der Waals surface area contributed by atoms with Crippen molar-refractivity contribution in [3.63, 3.8) is 0 Å². The van der Waals surface area contributed by atoms with Gasteiger partial charge in [-0.05, 0) is 30.2 Å². The standard InChI is InChI=1S/C21H21F3N4O/c1-2-17(20-26-12-18(28-20)14-7-4-3-5-8-14)27-19(29)13-25-16-10-6-9-15(11-16)21(22,23)24/h3-12,17,25H,2,13H2,1H3,(H,26,28)(H,27,29). The molecule has 0 fully saturated rings. The summed E-state index contributed by atoms with van der Waals surface area (Å²) in [6, 6.07) is 14.1. The number of aromatic amines is 1. The van der Waals surface area contributed by atoms with Gasteiger partial charge in [0.1, 0.15) is 5.82 Å². The second kappa shape index (κ2) is 8.81. The van der Waals surface area contributed by atoms with Crippen molar-refractivity contribution in [2.45, 2.75) is 25.6 Å². The number of hydrogen-bond donors (Lipinski definition) is 3. The van der Waals surface area contributed by atoms with Crippen molar-refractivity contribution in [2.75, 3.05) is 11.9 Å². The molecule has 2 aromatic carbocycles. The van der Waals surface area contributed by atoms with Crippen molar-refractivity contribution >= 4 is 11.6 Å². The van der Waals surface area contributed by atoms with Gasteiger partial charge in [0, 0.05) is 5.69 Å². The van der Waals surface area contributed by atoms with E-state index in [1.807, 2.05) is 37.3 Å². The number of halogens is 3. The monoisotopic (exact) mass is 402 g/mol. The molecule has 0 spiro atoms. The summed E-state index contributed by atoms with van der Waals surface area (Å²) < 4.78 is 38.3. The quantitative estimate of drug-likeness (QED) is 0.533. The Morgan fingerprint density at radius 3 is 2.59 bits per heavy atom. The maximum atomic E-state index is 12.8. The highest BCUT2D eigenvalue weighted by atomic mass is 19.4. The number of hydrogen-bond acceptors (Lipinski definition) is 3. The van der Waals surface area contributed by atoms with Crippen LogP contribution < -0.4 is 10.6 Å². The summed E-state index contributed by atoms with van der Waals surface area (Å²) in [6.45, 7) is 1.76. The van der Waals surface area contributed by atoms with E-state index >= 15 is 0 Å². The minimum absolute atomic E-state index is 0.149. The third kappa shape index (κ3) is 5.37. The molecule has 3 rings (SSSR count). The highest BCUT2D eigenvalue weighted by molar-refractivity contribution is 5.81. The van der Waals surface area contributed by atoms with E-state index < -0.39 is 11.7 Å². The molecule has 8 heteroatoms. The lowest BCUT2D eigenvalue weighted by molar-refractivity contribution is -0.137. The molecule has 0 aliphatic rings. The molecule has 0 aliphatic heterocycles. The first kappa shape index (κ1) is 20.4. The molecule has 29 heavy (non-hydrogen) atoms. The summed E-state index contributed by atoms with van der Waals surface area (Å²) in [5.41, 5.74) is 1.29. The Morgan fingerprint density at radius 2 is 1.90 bits per heavy atom. The topological polar surface area (TPSA) is 69.8 Å². The fraction of sp³-hybridized carbons (Fsp3) is 0.238. The number of nitrogens with zero attached hydrogens (tertiary/aromatic N) is 1. The van der Waals surface area contributed by atoms with Crippen LogP contribution in [0.2, 0.25) is 0 Å². The number of imidazole rings is 1. The number of carbonyl (C=O) groups excluding carboxylic acids is 1. The Balaban J connectivity index is 1.60. The van der Waals surface area contributed by atoms with Gasteiger partial charge in [0.05, 0.1) is 30.0 Å². The molecular weight excluding hydrogens is 381 g/mol. The molecule has 0 radical (unpaired) electrons. The molecule has 1 atom stereocenters. The highest BCUT2D eigenvalue weighted by Crippen LogP contribution is 2.30. The molecule has 3 aromatic rings. The Kier molecular flexibility index (Phi) is 6.21. The molecule has 3 N–H and O–H groups in total. The van der Waals surface area contributed by atoms with Gasteiger partial charge in [-0.1, -0.05) is 43.3 Å². The molecule has 1 heterocycles. The summed E-state index contributed by atoms with van der Waals surface area (Å²) in [6.07, 6.45) is -2.11. The van der Waals surface area contributed by atoms with Crippen LogP contribution in [-0.4, -0.2) is 22.4 Å². The van der Waals surface area contributed by atoms with Gasteiger partial charge >= 0.3 is 6.18 Å². The Bertz CT molecular complexity index is 954. The maximum absolute atomic E-state index is 12.8. The van der Waals surface area contributed by atoms with Crippen molar-refractivity contribution in [2.24, 2.45) is 0 Å². The lowest BCUT2D eigenvalue weighted by Crippen LogP contribution is -2.33. The zero-order valence-electron chi connectivity index (χ0n) is 15.8. The van der Waals surface area contributed by atoms with Gasteiger partial charge in [-0.25, -0.2) is 4.98 Å². The van der Waals surface area contributed by atoms with E-state index in [2.05, 4.69) is 20.6 Å². The predicted octanol–water partition coefficient (Wildman–Crippen LogP) is 4.77. The predicted molar refractivity (Wildman–Crippen MR) is 105 cm³/mol. The summed E-state index contributed by atoms with van der Waals surface area (Å²) >= 11 is 0. The van der Waals surface area contributed by atoms with Gasteiger partial charge in [-0.15, -0.1) is 0 Å². The summed E-state index contributed by atoms with van der Waals surface area (Å²) in [4.78, 5) is 19.9. The SMILES string of the molecule is CCC(NC(=O)CNc1cccc(C(F)(F)F)c1)c1ncc(-c2ccccc2)[nH]1. The third-order valence-corrected chi connectivity index (χ3v) is 4.40. The Hall–Kier alpha value is -3.29. The molecule has 5 nitrogen and oxygen atoms in total. The zero-order valence-corrected chi connectivity index (χ0v) is 15.8. The van der Waals surface area contributed by atoms with Gasteiger partial charge in [0.15, 0.2) is 0 Å². The molecule has 0 bridgehead atoms. The average molecular weight is 402 g/mol. The smallest absolute Gasteiger partial charge is 0.376 e. The Morgan fingerprint density at radius 1 is 1.14 bits per heavy atom. The van der Waals surface area contributed by atoms with E-state index in [1.54, 1.807) is 6.20 Å². The van der Waals surface area contributed by atoms with E-state index in [1.165, 1.54) is 12.1 Å². The number of rotatable bonds is 7. The van der Waals surface area contributed by atoms with Crippen LogP contribution in [0, 0.1) is 0 Å². The molecule has 152 valence electrons. The van der Waals surface area contributed by atoms with Crippen LogP contribution in [0.25, 0.3) is 11.3 Å². The Labute approximate surface area is 166 Å². The van der Waals surface area contributed by atoms with Crippen LogP contribution in [0.3, 0.4) is 0 Å². The fourth-order valence-electron chi connectivity index (χ4n) is 2.88. The summed E-state index contributed by atoms with van der Waals surface area (Å²) in [5, 5.41) is 5.57. The average Bonchev–Trinajstić information content (AvgIpc) is 3.21. The molecule has 0 saturated carbocycles. The highest BCUT2D eigenvalue weighted by Gasteiger charge is 2.30. The van der Waals surface area contributed by atoms with Gasteiger partial charge in [-0.2, -0.15) is 13.2 Å². The molecule has 1 amide bonds. The van der Waals surface area contributed by atoms with Crippen LogP contribution in [0.15, 0.2) is 60.8 Å². The van der Waals surface area contributed by atoms with E-state index in [0.29, 0.717) is 12.2 Å². The van der Waals surface area contributed by atoms with Crippen LogP contribution >= 0.6 is 0 Å². The van der Waals surface area contributed by atoms with Crippen molar-refractivity contribution in [1.29, 1.82) is 0 Å². The van der Waals surface area contributed by atoms with Crippen molar-refractivity contribution in [3.05, 3.63) is 72.2 Å². The second-order valence-electron chi connectivity index (χ2n) is 6.51. The number of amides is 1. The van der Waals surface area contributed by atoms with E-state index in [0.717, 1.165) is 23.4 Å². The number of benzene rings is 2. The minimum Gasteiger partial charge on any atom is -0.376 e. The number of H-pyrrole nitrogens is 1. The number of aromatic nitrogens is 2. The maximum Gasteiger partial charge on any atom is 0.416 e. The normalized spacial score (nSPS) is 12.4. The molecule has 0 saturated heterocycles. The van der Waals surface area contributed by atoms with Crippen LogP contribution in [0.4, 0.5) is 18.9 Å².